The van der Waals surface area contributed by atoms with Gasteiger partial charge in [-0.2, -0.15) is 10.1 Å². The Balaban J connectivity index is 1.72. The molecule has 0 unspecified atom stereocenters. The Bertz CT molecular complexity index is 825. The predicted molar refractivity (Wildman–Crippen MR) is 100 cm³/mol. The first-order valence-electron chi connectivity index (χ1n) is 8.67. The molecule has 4 rings (SSSR count). The Morgan fingerprint density at radius 1 is 1.00 bits per heavy atom. The molecule has 7 heteroatoms. The summed E-state index contributed by atoms with van der Waals surface area (Å²) in [6.07, 6.45) is 7.14. The van der Waals surface area contributed by atoms with Crippen molar-refractivity contribution in [2.24, 2.45) is 28.5 Å². The summed E-state index contributed by atoms with van der Waals surface area (Å²) >= 11 is 0. The molecule has 2 aromatic rings. The van der Waals surface area contributed by atoms with Crippen LogP contribution in [-0.2, 0) is 7.05 Å². The van der Waals surface area contributed by atoms with Crippen molar-refractivity contribution in [3.05, 3.63) is 36.5 Å². The molecule has 1 aliphatic carbocycles. The molecular weight excluding hydrogens is 314 g/mol. The quantitative estimate of drug-likeness (QED) is 0.877. The highest BCUT2D eigenvalue weighted by molar-refractivity contribution is 6.05. The molecule has 0 atom stereocenters. The zero-order valence-corrected chi connectivity index (χ0v) is 14.4. The largest absolute Gasteiger partial charge is 0.369 e. The van der Waals surface area contributed by atoms with Gasteiger partial charge in [-0.25, -0.2) is 4.99 Å². The number of aromatic nitrogens is 2. The average molecular weight is 337 g/mol. The molecule has 1 spiro atoms. The molecule has 1 saturated carbocycles. The van der Waals surface area contributed by atoms with E-state index >= 15 is 0 Å². The monoisotopic (exact) mass is 337 g/mol. The topological polar surface area (TPSA) is 97.8 Å². The Morgan fingerprint density at radius 2 is 1.72 bits per heavy atom. The summed E-state index contributed by atoms with van der Waals surface area (Å²) in [5, 5.41) is 4.23. The van der Waals surface area contributed by atoms with Crippen LogP contribution in [0.15, 0.2) is 46.5 Å². The number of guanidine groups is 2. The van der Waals surface area contributed by atoms with Gasteiger partial charge in [-0.3, -0.25) is 9.58 Å². The average Bonchev–Trinajstić information content (AvgIpc) is 3.01. The minimum absolute atomic E-state index is 0.280. The molecule has 0 amide bonds. The number of aryl methyl sites for hydroxylation is 1. The van der Waals surface area contributed by atoms with Gasteiger partial charge >= 0.3 is 0 Å². The van der Waals surface area contributed by atoms with Crippen LogP contribution in [0.2, 0.25) is 0 Å². The number of anilines is 1. The lowest BCUT2D eigenvalue weighted by molar-refractivity contribution is 0.305. The number of nitrogens with two attached hydrogens (primary N) is 2. The molecule has 1 aromatic heterocycles. The maximum absolute atomic E-state index is 6.26. The lowest BCUT2D eigenvalue weighted by Crippen LogP contribution is -2.58. The first kappa shape index (κ1) is 15.7. The fourth-order valence-corrected chi connectivity index (χ4v) is 3.93. The third kappa shape index (κ3) is 2.65. The Hall–Kier alpha value is -2.83. The molecule has 7 nitrogen and oxygen atoms in total. The SMILES string of the molecule is Cn1nccc1-c1ccc(N2C(N)=NC(N)=NC23CCCCC3)cc1. The first-order valence-corrected chi connectivity index (χ1v) is 8.67. The number of nitrogens with zero attached hydrogens (tertiary/aromatic N) is 5. The van der Waals surface area contributed by atoms with Crippen LogP contribution in [0.25, 0.3) is 11.3 Å². The lowest BCUT2D eigenvalue weighted by Gasteiger charge is -2.45. The Kier molecular flexibility index (Phi) is 3.71. The molecule has 1 fully saturated rings. The van der Waals surface area contributed by atoms with Crippen LogP contribution < -0.4 is 16.4 Å². The molecule has 2 aliphatic rings. The van der Waals surface area contributed by atoms with Crippen LogP contribution in [0.3, 0.4) is 0 Å². The van der Waals surface area contributed by atoms with Crippen molar-refractivity contribution in [2.45, 2.75) is 37.8 Å². The van der Waals surface area contributed by atoms with Crippen molar-refractivity contribution in [1.29, 1.82) is 0 Å². The zero-order chi connectivity index (χ0) is 17.4. The first-order chi connectivity index (χ1) is 12.1. The van der Waals surface area contributed by atoms with Gasteiger partial charge in [0.1, 0.15) is 5.66 Å². The fraction of sp³-hybridized carbons (Fsp3) is 0.389. The number of rotatable bonds is 2. The predicted octanol–water partition coefficient (Wildman–Crippen LogP) is 2.20. The van der Waals surface area contributed by atoms with Gasteiger partial charge in [0.05, 0.1) is 5.69 Å². The number of benzene rings is 1. The summed E-state index contributed by atoms with van der Waals surface area (Å²) in [7, 11) is 1.94. The zero-order valence-electron chi connectivity index (χ0n) is 14.4. The van der Waals surface area contributed by atoms with Crippen LogP contribution in [0.1, 0.15) is 32.1 Å². The van der Waals surface area contributed by atoms with Gasteiger partial charge in [-0.05, 0) is 49.4 Å². The summed E-state index contributed by atoms with van der Waals surface area (Å²) in [5.41, 5.74) is 15.0. The van der Waals surface area contributed by atoms with Crippen molar-refractivity contribution >= 4 is 17.6 Å². The highest BCUT2D eigenvalue weighted by Gasteiger charge is 2.42. The van der Waals surface area contributed by atoms with E-state index in [9.17, 15) is 0 Å². The fourth-order valence-electron chi connectivity index (χ4n) is 3.93. The van der Waals surface area contributed by atoms with Gasteiger partial charge in [-0.1, -0.05) is 18.6 Å². The molecule has 1 aliphatic heterocycles. The van der Waals surface area contributed by atoms with Gasteiger partial charge in [0.25, 0.3) is 0 Å². The third-order valence-electron chi connectivity index (χ3n) is 5.09. The number of aliphatic imine (C=N–C) groups is 2. The van der Waals surface area contributed by atoms with Crippen molar-refractivity contribution in [1.82, 2.24) is 9.78 Å². The second kappa shape index (κ2) is 5.91. The highest BCUT2D eigenvalue weighted by atomic mass is 15.4. The molecule has 1 aromatic carbocycles. The highest BCUT2D eigenvalue weighted by Crippen LogP contribution is 2.39. The van der Waals surface area contributed by atoms with Gasteiger partial charge in [-0.15, -0.1) is 0 Å². The van der Waals surface area contributed by atoms with Crippen molar-refractivity contribution < 1.29 is 0 Å². The van der Waals surface area contributed by atoms with Gasteiger partial charge < -0.3 is 11.5 Å². The molecule has 130 valence electrons. The molecule has 0 radical (unpaired) electrons. The van der Waals surface area contributed by atoms with E-state index in [1.807, 2.05) is 17.8 Å². The van der Waals surface area contributed by atoms with Crippen LogP contribution >= 0.6 is 0 Å². The van der Waals surface area contributed by atoms with Gasteiger partial charge in [0.15, 0.2) is 0 Å². The number of hydrogen-bond donors (Lipinski definition) is 2. The van der Waals surface area contributed by atoms with Gasteiger partial charge in [0.2, 0.25) is 11.9 Å². The van der Waals surface area contributed by atoms with Crippen LogP contribution in [0, 0.1) is 0 Å². The van der Waals surface area contributed by atoms with E-state index in [1.165, 1.54) is 6.42 Å². The van der Waals surface area contributed by atoms with E-state index in [4.69, 9.17) is 16.5 Å². The molecule has 2 heterocycles. The van der Waals surface area contributed by atoms with Crippen LogP contribution in [0.4, 0.5) is 5.69 Å². The molecule has 25 heavy (non-hydrogen) atoms. The second-order valence-corrected chi connectivity index (χ2v) is 6.71. The van der Waals surface area contributed by atoms with E-state index in [0.29, 0.717) is 5.96 Å². The maximum Gasteiger partial charge on any atom is 0.220 e. The molecule has 4 N–H and O–H groups in total. The van der Waals surface area contributed by atoms with Crippen LogP contribution in [-0.4, -0.2) is 27.4 Å². The Morgan fingerprint density at radius 3 is 2.36 bits per heavy atom. The van der Waals surface area contributed by atoms with E-state index in [-0.39, 0.29) is 5.96 Å². The van der Waals surface area contributed by atoms with E-state index in [1.54, 1.807) is 6.20 Å². The van der Waals surface area contributed by atoms with Gasteiger partial charge in [0, 0.05) is 18.9 Å². The summed E-state index contributed by atoms with van der Waals surface area (Å²) in [6.45, 7) is 0. The second-order valence-electron chi connectivity index (χ2n) is 6.71. The van der Waals surface area contributed by atoms with E-state index in [0.717, 1.165) is 42.6 Å². The van der Waals surface area contributed by atoms with E-state index in [2.05, 4.69) is 39.3 Å². The third-order valence-corrected chi connectivity index (χ3v) is 5.09. The summed E-state index contributed by atoms with van der Waals surface area (Å²) in [6, 6.07) is 10.3. The lowest BCUT2D eigenvalue weighted by atomic mass is 9.87. The maximum atomic E-state index is 6.26. The molecular formula is C18H23N7. The normalized spacial score (nSPS) is 19.6. The summed E-state index contributed by atoms with van der Waals surface area (Å²) in [5.74, 6) is 0.699. The minimum atomic E-state index is -0.401. The van der Waals surface area contributed by atoms with Crippen molar-refractivity contribution in [3.8, 4) is 11.3 Å². The van der Waals surface area contributed by atoms with Crippen molar-refractivity contribution in [2.75, 3.05) is 4.90 Å². The Labute approximate surface area is 147 Å². The summed E-state index contributed by atoms with van der Waals surface area (Å²) in [4.78, 5) is 11.0. The standard InChI is InChI=1S/C18H23N7/c1-24-15(9-12-21-24)13-5-7-14(8-6-13)25-17(20)22-16(19)23-18(25)10-3-2-4-11-18/h5-9,12H,2-4,10-11H2,1H3,(H4,19,20,22,23). The smallest absolute Gasteiger partial charge is 0.220 e. The minimum Gasteiger partial charge on any atom is -0.369 e. The molecule has 0 bridgehead atoms. The van der Waals surface area contributed by atoms with Crippen molar-refractivity contribution in [3.63, 3.8) is 0 Å². The number of hydrogen-bond acceptors (Lipinski definition) is 6. The molecule has 0 saturated heterocycles. The van der Waals surface area contributed by atoms with Crippen LogP contribution in [0.5, 0.6) is 0 Å². The van der Waals surface area contributed by atoms with E-state index < -0.39 is 5.66 Å². The summed E-state index contributed by atoms with van der Waals surface area (Å²) < 4.78 is 1.86.